The Labute approximate surface area is 152 Å². The lowest BCUT2D eigenvalue weighted by atomic mass is 10.3. The first kappa shape index (κ1) is 19.3. The number of unbranched alkanes of at least 4 members (excludes halogenated alkanes) is 1. The van der Waals surface area contributed by atoms with E-state index in [1.54, 1.807) is 31.2 Å². The summed E-state index contributed by atoms with van der Waals surface area (Å²) in [6, 6.07) is 8.36. The van der Waals surface area contributed by atoms with Crippen molar-refractivity contribution in [1.82, 2.24) is 10.1 Å². The number of nitrogens with zero attached hydrogens (tertiary/aromatic N) is 2. The van der Waals surface area contributed by atoms with Gasteiger partial charge >= 0.3 is 6.03 Å². The van der Waals surface area contributed by atoms with E-state index in [0.29, 0.717) is 29.6 Å². The maximum atomic E-state index is 12.6. The van der Waals surface area contributed by atoms with Gasteiger partial charge in [0.25, 0.3) is 0 Å². The molecule has 2 rings (SSSR count). The number of carbonyl (C=O) groups excluding carboxylic acids is 2. The van der Waals surface area contributed by atoms with Gasteiger partial charge in [-0.1, -0.05) is 30.6 Å². The van der Waals surface area contributed by atoms with Crippen LogP contribution in [0, 0.1) is 6.92 Å². The average Bonchev–Trinajstić information content (AvgIpc) is 3.03. The molecule has 0 saturated heterocycles. The van der Waals surface area contributed by atoms with Crippen LogP contribution in [-0.2, 0) is 4.79 Å². The number of methoxy groups -OCH3 is 1. The highest BCUT2D eigenvalue weighted by Gasteiger charge is 2.19. The second-order valence-electron chi connectivity index (χ2n) is 5.78. The molecule has 2 aromatic rings. The summed E-state index contributed by atoms with van der Waals surface area (Å²) < 4.78 is 10.2. The number of rotatable bonds is 8. The molecule has 0 aliphatic carbocycles. The van der Waals surface area contributed by atoms with Gasteiger partial charge in [-0.2, -0.15) is 0 Å². The molecule has 0 aliphatic heterocycles. The smallest absolute Gasteiger partial charge is 0.322 e. The zero-order valence-electron chi connectivity index (χ0n) is 15.2. The molecule has 0 spiro atoms. The fourth-order valence-electron chi connectivity index (χ4n) is 2.32. The Balaban J connectivity index is 2.02. The van der Waals surface area contributed by atoms with Crippen molar-refractivity contribution < 1.29 is 18.8 Å². The molecular formula is C18H24N4O4. The minimum atomic E-state index is -0.366. The van der Waals surface area contributed by atoms with Crippen molar-refractivity contribution >= 4 is 23.4 Å². The van der Waals surface area contributed by atoms with Gasteiger partial charge in [0.05, 0.1) is 12.8 Å². The molecule has 140 valence electrons. The lowest BCUT2D eigenvalue weighted by molar-refractivity contribution is -0.116. The molecule has 0 aliphatic rings. The van der Waals surface area contributed by atoms with Crippen molar-refractivity contribution in [1.29, 1.82) is 0 Å². The average molecular weight is 360 g/mol. The fourth-order valence-corrected chi connectivity index (χ4v) is 2.32. The van der Waals surface area contributed by atoms with Crippen molar-refractivity contribution in [2.45, 2.75) is 26.7 Å². The number of hydrogen-bond donors (Lipinski definition) is 2. The number of carbonyl (C=O) groups is 2. The SMILES string of the molecule is CCCCN(CC(=O)Nc1cc(C)on1)C(=O)Nc1ccccc1OC. The Bertz CT molecular complexity index is 744. The zero-order valence-corrected chi connectivity index (χ0v) is 15.2. The topological polar surface area (TPSA) is 96.7 Å². The van der Waals surface area contributed by atoms with Crippen molar-refractivity contribution in [3.05, 3.63) is 36.1 Å². The Morgan fingerprint density at radius 3 is 2.69 bits per heavy atom. The molecule has 0 saturated carbocycles. The van der Waals surface area contributed by atoms with Crippen LogP contribution in [0.5, 0.6) is 5.75 Å². The third-order valence-electron chi connectivity index (χ3n) is 3.65. The van der Waals surface area contributed by atoms with Gasteiger partial charge < -0.3 is 24.8 Å². The molecule has 0 atom stereocenters. The lowest BCUT2D eigenvalue weighted by Crippen LogP contribution is -2.41. The first-order valence-corrected chi connectivity index (χ1v) is 8.45. The standard InChI is InChI=1S/C18H24N4O4/c1-4-5-10-22(12-17(23)20-16-11-13(2)26-21-16)18(24)19-14-8-6-7-9-15(14)25-3/h6-9,11H,4-5,10,12H2,1-3H3,(H,19,24)(H,20,21,23). The van der Waals surface area contributed by atoms with Crippen molar-refractivity contribution in [3.63, 3.8) is 0 Å². The van der Waals surface area contributed by atoms with Crippen LogP contribution >= 0.6 is 0 Å². The second-order valence-corrected chi connectivity index (χ2v) is 5.78. The van der Waals surface area contributed by atoms with Gasteiger partial charge in [-0.05, 0) is 25.5 Å². The van der Waals surface area contributed by atoms with Crippen LogP contribution in [0.3, 0.4) is 0 Å². The van der Waals surface area contributed by atoms with E-state index in [0.717, 1.165) is 12.8 Å². The van der Waals surface area contributed by atoms with Crippen LogP contribution in [0.2, 0.25) is 0 Å². The molecule has 26 heavy (non-hydrogen) atoms. The summed E-state index contributed by atoms with van der Waals surface area (Å²) in [5.41, 5.74) is 0.550. The van der Waals surface area contributed by atoms with Crippen molar-refractivity contribution in [2.75, 3.05) is 30.8 Å². The Hall–Kier alpha value is -3.03. The maximum Gasteiger partial charge on any atom is 0.322 e. The maximum absolute atomic E-state index is 12.6. The van der Waals surface area contributed by atoms with E-state index in [9.17, 15) is 9.59 Å². The highest BCUT2D eigenvalue weighted by molar-refractivity contribution is 5.97. The minimum absolute atomic E-state index is 0.0904. The van der Waals surface area contributed by atoms with Crippen LogP contribution in [-0.4, -0.2) is 42.2 Å². The number of ether oxygens (including phenoxy) is 1. The molecule has 3 amide bonds. The molecule has 8 heteroatoms. The van der Waals surface area contributed by atoms with Crippen LogP contribution in [0.25, 0.3) is 0 Å². The lowest BCUT2D eigenvalue weighted by Gasteiger charge is -2.22. The van der Waals surface area contributed by atoms with E-state index in [4.69, 9.17) is 9.26 Å². The largest absolute Gasteiger partial charge is 0.495 e. The molecule has 8 nitrogen and oxygen atoms in total. The number of aryl methyl sites for hydroxylation is 1. The normalized spacial score (nSPS) is 10.3. The van der Waals surface area contributed by atoms with E-state index in [1.807, 2.05) is 13.0 Å². The van der Waals surface area contributed by atoms with Gasteiger partial charge in [0, 0.05) is 12.6 Å². The summed E-state index contributed by atoms with van der Waals surface area (Å²) >= 11 is 0. The van der Waals surface area contributed by atoms with Crippen LogP contribution in [0.1, 0.15) is 25.5 Å². The number of nitrogens with one attached hydrogen (secondary N) is 2. The molecule has 2 N–H and O–H groups in total. The van der Waals surface area contributed by atoms with Gasteiger partial charge in [-0.3, -0.25) is 4.79 Å². The third kappa shape index (κ3) is 5.51. The molecule has 0 radical (unpaired) electrons. The summed E-state index contributed by atoms with van der Waals surface area (Å²) in [5, 5.41) is 9.13. The number of urea groups is 1. The molecular weight excluding hydrogens is 336 g/mol. The highest BCUT2D eigenvalue weighted by atomic mass is 16.5. The first-order valence-electron chi connectivity index (χ1n) is 8.45. The monoisotopic (exact) mass is 360 g/mol. The molecule has 0 bridgehead atoms. The predicted molar refractivity (Wildman–Crippen MR) is 98.4 cm³/mol. The van der Waals surface area contributed by atoms with Crippen LogP contribution in [0.15, 0.2) is 34.9 Å². The summed E-state index contributed by atoms with van der Waals surface area (Å²) in [4.78, 5) is 26.3. The van der Waals surface area contributed by atoms with E-state index in [2.05, 4.69) is 15.8 Å². The number of hydrogen-bond acceptors (Lipinski definition) is 5. The Morgan fingerprint density at radius 2 is 2.04 bits per heavy atom. The second kappa shape index (κ2) is 9.45. The third-order valence-corrected chi connectivity index (χ3v) is 3.65. The van der Waals surface area contributed by atoms with Gasteiger partial charge in [0.15, 0.2) is 5.82 Å². The molecule has 1 aromatic heterocycles. The van der Waals surface area contributed by atoms with Gasteiger partial charge in [0.2, 0.25) is 5.91 Å². The molecule has 1 heterocycles. The summed E-state index contributed by atoms with van der Waals surface area (Å²) in [7, 11) is 1.53. The minimum Gasteiger partial charge on any atom is -0.495 e. The van der Waals surface area contributed by atoms with Gasteiger partial charge in [-0.15, -0.1) is 0 Å². The van der Waals surface area contributed by atoms with Gasteiger partial charge in [-0.25, -0.2) is 4.79 Å². The quantitative estimate of drug-likeness (QED) is 0.753. The van der Waals surface area contributed by atoms with Crippen molar-refractivity contribution in [3.8, 4) is 5.75 Å². The van der Waals surface area contributed by atoms with Crippen molar-refractivity contribution in [2.24, 2.45) is 0 Å². The fraction of sp³-hybridized carbons (Fsp3) is 0.389. The summed E-state index contributed by atoms with van der Waals surface area (Å²) in [6.45, 7) is 4.13. The Morgan fingerprint density at radius 1 is 1.27 bits per heavy atom. The zero-order chi connectivity index (χ0) is 18.9. The number of para-hydroxylation sites is 2. The molecule has 0 fully saturated rings. The van der Waals surface area contributed by atoms with E-state index in [1.165, 1.54) is 12.0 Å². The number of amides is 3. The van der Waals surface area contributed by atoms with Gasteiger partial charge in [0.1, 0.15) is 18.1 Å². The van der Waals surface area contributed by atoms with E-state index >= 15 is 0 Å². The van der Waals surface area contributed by atoms with Crippen LogP contribution in [0.4, 0.5) is 16.3 Å². The molecule has 0 unspecified atom stereocenters. The predicted octanol–water partition coefficient (Wildman–Crippen LogP) is 3.26. The van der Waals surface area contributed by atoms with E-state index < -0.39 is 0 Å². The first-order chi connectivity index (χ1) is 12.5. The summed E-state index contributed by atoms with van der Waals surface area (Å²) in [6.07, 6.45) is 1.69. The van der Waals surface area contributed by atoms with E-state index in [-0.39, 0.29) is 18.5 Å². The van der Waals surface area contributed by atoms with Crippen LogP contribution < -0.4 is 15.4 Å². The molecule has 1 aromatic carbocycles. The highest BCUT2D eigenvalue weighted by Crippen LogP contribution is 2.23. The summed E-state index contributed by atoms with van der Waals surface area (Å²) in [5.74, 6) is 1.13. The number of benzene rings is 1. The Kier molecular flexibility index (Phi) is 7.02. The number of aromatic nitrogens is 1. The number of anilines is 2.